The van der Waals surface area contributed by atoms with Crippen LogP contribution < -0.4 is 0 Å². The van der Waals surface area contributed by atoms with Crippen LogP contribution in [0.1, 0.15) is 42.4 Å². The first kappa shape index (κ1) is 18.7. The summed E-state index contributed by atoms with van der Waals surface area (Å²) in [6.07, 6.45) is 5.61. The highest BCUT2D eigenvalue weighted by atomic mass is 15.1. The average molecular weight is 391 g/mol. The van der Waals surface area contributed by atoms with Crippen LogP contribution in [-0.4, -0.2) is 10.2 Å². The Morgan fingerprint density at radius 3 is 2.43 bits per heavy atom. The Kier molecular flexibility index (Phi) is 4.92. The molecule has 2 heteroatoms. The van der Waals surface area contributed by atoms with E-state index in [9.17, 15) is 0 Å². The van der Waals surface area contributed by atoms with Crippen molar-refractivity contribution in [2.24, 2.45) is 0 Å². The molecule has 148 valence electrons. The van der Waals surface area contributed by atoms with Crippen LogP contribution in [0.5, 0.6) is 0 Å². The molecule has 5 aromatic rings. The number of benzene rings is 4. The summed E-state index contributed by atoms with van der Waals surface area (Å²) in [6.45, 7) is 4.62. The number of aryl methyl sites for hydroxylation is 2. The van der Waals surface area contributed by atoms with E-state index in [0.717, 1.165) is 16.8 Å². The normalized spacial score (nSPS) is 15.6. The van der Waals surface area contributed by atoms with Gasteiger partial charge in [0.15, 0.2) is 0 Å². The van der Waals surface area contributed by atoms with E-state index in [1.807, 2.05) is 30.3 Å². The van der Waals surface area contributed by atoms with E-state index in [-0.39, 0.29) is 0 Å². The molecule has 30 heavy (non-hydrogen) atoms. The third-order valence-electron chi connectivity index (χ3n) is 6.41. The minimum Gasteiger partial charge on any atom is -0.159 e. The largest absolute Gasteiger partial charge is 0.159 e. The molecule has 4 aromatic carbocycles. The molecule has 0 bridgehead atoms. The Bertz CT molecular complexity index is 1290. The van der Waals surface area contributed by atoms with Crippen LogP contribution in [0.15, 0.2) is 79.0 Å². The molecule has 0 radical (unpaired) electrons. The standard InChI is InChI=1S/C20H20.C8H6N2/c1-13-6-5-9-18-16(13)10-11-19-17-8-4-3-7-15(17)14(2)12-20(18)19;1-2-4-8-7(3-1)5-6-9-10-8/h3-4,7-8,10-13H,5-6,9H2,1-2H3;1-6H. The van der Waals surface area contributed by atoms with Crippen molar-refractivity contribution in [1.29, 1.82) is 0 Å². The van der Waals surface area contributed by atoms with Gasteiger partial charge in [-0.2, -0.15) is 10.2 Å². The minimum absolute atomic E-state index is 0.718. The van der Waals surface area contributed by atoms with E-state index in [1.165, 1.54) is 46.4 Å². The van der Waals surface area contributed by atoms with E-state index in [2.05, 4.69) is 66.5 Å². The zero-order chi connectivity index (χ0) is 20.5. The highest BCUT2D eigenvalue weighted by Crippen LogP contribution is 2.38. The molecule has 2 nitrogen and oxygen atoms in total. The van der Waals surface area contributed by atoms with E-state index in [4.69, 9.17) is 0 Å². The molecule has 0 saturated heterocycles. The van der Waals surface area contributed by atoms with Crippen molar-refractivity contribution in [3.63, 3.8) is 0 Å². The molecule has 1 aliphatic rings. The topological polar surface area (TPSA) is 25.8 Å². The molecule has 0 amide bonds. The lowest BCUT2D eigenvalue weighted by Gasteiger charge is -2.24. The van der Waals surface area contributed by atoms with Crippen molar-refractivity contribution in [3.8, 4) is 0 Å². The molecule has 1 heterocycles. The monoisotopic (exact) mass is 390 g/mol. The lowest BCUT2D eigenvalue weighted by atomic mass is 9.80. The van der Waals surface area contributed by atoms with Crippen molar-refractivity contribution in [2.75, 3.05) is 0 Å². The van der Waals surface area contributed by atoms with Crippen LogP contribution in [0.2, 0.25) is 0 Å². The molecule has 1 aromatic heterocycles. The fourth-order valence-corrected chi connectivity index (χ4v) is 4.85. The van der Waals surface area contributed by atoms with Gasteiger partial charge in [-0.15, -0.1) is 0 Å². The highest BCUT2D eigenvalue weighted by Gasteiger charge is 2.19. The summed E-state index contributed by atoms with van der Waals surface area (Å²) >= 11 is 0. The Hall–Kier alpha value is -3.26. The number of rotatable bonds is 0. The SMILES string of the molecule is Cc1cc2c3c(ccc2c2ccccc12)C(C)CCC3.c1ccc2nnccc2c1. The van der Waals surface area contributed by atoms with E-state index in [0.29, 0.717) is 0 Å². The van der Waals surface area contributed by atoms with Gasteiger partial charge in [-0.05, 0) is 82.5 Å². The first-order valence-electron chi connectivity index (χ1n) is 10.8. The van der Waals surface area contributed by atoms with Gasteiger partial charge in [-0.3, -0.25) is 0 Å². The second-order valence-electron chi connectivity index (χ2n) is 8.35. The van der Waals surface area contributed by atoms with E-state index >= 15 is 0 Å². The number of hydrogen-bond acceptors (Lipinski definition) is 2. The zero-order valence-electron chi connectivity index (χ0n) is 17.6. The van der Waals surface area contributed by atoms with Gasteiger partial charge in [-0.1, -0.05) is 67.6 Å². The van der Waals surface area contributed by atoms with Crippen LogP contribution in [0.25, 0.3) is 32.4 Å². The molecule has 0 saturated carbocycles. The van der Waals surface area contributed by atoms with Crippen molar-refractivity contribution in [1.82, 2.24) is 10.2 Å². The van der Waals surface area contributed by atoms with Crippen LogP contribution in [0.4, 0.5) is 0 Å². The zero-order valence-corrected chi connectivity index (χ0v) is 17.6. The van der Waals surface area contributed by atoms with Gasteiger partial charge in [0.25, 0.3) is 0 Å². The maximum atomic E-state index is 3.93. The Morgan fingerprint density at radius 2 is 1.57 bits per heavy atom. The van der Waals surface area contributed by atoms with Gasteiger partial charge in [0, 0.05) is 5.39 Å². The third-order valence-corrected chi connectivity index (χ3v) is 6.41. The fraction of sp³-hybridized carbons (Fsp3) is 0.214. The average Bonchev–Trinajstić information content (AvgIpc) is 2.80. The van der Waals surface area contributed by atoms with Gasteiger partial charge in [0.1, 0.15) is 0 Å². The Labute approximate surface area is 177 Å². The molecular weight excluding hydrogens is 364 g/mol. The lowest BCUT2D eigenvalue weighted by molar-refractivity contribution is 0.593. The summed E-state index contributed by atoms with van der Waals surface area (Å²) in [5, 5.41) is 14.5. The quantitative estimate of drug-likeness (QED) is 0.258. The number of fused-ring (bicyclic) bond motifs is 6. The van der Waals surface area contributed by atoms with Crippen molar-refractivity contribution >= 4 is 32.4 Å². The molecule has 0 N–H and O–H groups in total. The van der Waals surface area contributed by atoms with Crippen LogP contribution in [-0.2, 0) is 6.42 Å². The summed E-state index contributed by atoms with van der Waals surface area (Å²) in [6, 6.07) is 25.8. The second kappa shape index (κ2) is 7.87. The first-order chi connectivity index (χ1) is 14.7. The summed E-state index contributed by atoms with van der Waals surface area (Å²) < 4.78 is 0. The van der Waals surface area contributed by atoms with Gasteiger partial charge < -0.3 is 0 Å². The van der Waals surface area contributed by atoms with Gasteiger partial charge in [0.2, 0.25) is 0 Å². The van der Waals surface area contributed by atoms with Crippen LogP contribution in [0.3, 0.4) is 0 Å². The van der Waals surface area contributed by atoms with Gasteiger partial charge >= 0.3 is 0 Å². The number of aromatic nitrogens is 2. The minimum atomic E-state index is 0.718. The maximum absolute atomic E-state index is 3.93. The molecule has 1 atom stereocenters. The molecule has 0 spiro atoms. The molecule has 0 aliphatic heterocycles. The summed E-state index contributed by atoms with van der Waals surface area (Å²) in [7, 11) is 0. The highest BCUT2D eigenvalue weighted by molar-refractivity contribution is 6.10. The van der Waals surface area contributed by atoms with Crippen molar-refractivity contribution in [3.05, 3.63) is 95.7 Å². The Morgan fingerprint density at radius 1 is 0.800 bits per heavy atom. The van der Waals surface area contributed by atoms with Crippen LogP contribution >= 0.6 is 0 Å². The summed E-state index contributed by atoms with van der Waals surface area (Å²) in [5.74, 6) is 0.718. The molecular formula is C28H26N2. The summed E-state index contributed by atoms with van der Waals surface area (Å²) in [5.41, 5.74) is 5.54. The second-order valence-corrected chi connectivity index (χ2v) is 8.35. The third kappa shape index (κ3) is 3.33. The fourth-order valence-electron chi connectivity index (χ4n) is 4.85. The molecule has 6 rings (SSSR count). The van der Waals surface area contributed by atoms with Crippen molar-refractivity contribution in [2.45, 2.75) is 39.0 Å². The smallest absolute Gasteiger partial charge is 0.0929 e. The van der Waals surface area contributed by atoms with Gasteiger partial charge in [-0.25, -0.2) is 0 Å². The van der Waals surface area contributed by atoms with Crippen LogP contribution in [0, 0.1) is 6.92 Å². The van der Waals surface area contributed by atoms with Gasteiger partial charge in [0.05, 0.1) is 11.7 Å². The Balaban J connectivity index is 0.000000161. The van der Waals surface area contributed by atoms with E-state index in [1.54, 1.807) is 17.3 Å². The van der Waals surface area contributed by atoms with E-state index < -0.39 is 0 Å². The predicted molar refractivity (Wildman–Crippen MR) is 127 cm³/mol. The lowest BCUT2D eigenvalue weighted by Crippen LogP contribution is -2.07. The number of nitrogens with zero attached hydrogens (tertiary/aromatic N) is 2. The number of hydrogen-bond donors (Lipinski definition) is 0. The molecule has 1 unspecified atom stereocenters. The summed E-state index contributed by atoms with van der Waals surface area (Å²) in [4.78, 5) is 0. The first-order valence-corrected chi connectivity index (χ1v) is 10.8. The maximum Gasteiger partial charge on any atom is 0.0929 e. The van der Waals surface area contributed by atoms with Crippen molar-refractivity contribution < 1.29 is 0 Å². The predicted octanol–water partition coefficient (Wildman–Crippen LogP) is 7.37. The molecule has 1 aliphatic carbocycles. The molecule has 0 fully saturated rings.